The van der Waals surface area contributed by atoms with Crippen LogP contribution in [-0.2, 0) is 19.9 Å². The second-order valence-electron chi connectivity index (χ2n) is 7.51. The molecule has 1 fully saturated rings. The number of aliphatic hydroxyl groups is 1. The number of Topliss-reactive ketones (excluding diaryl/α,β-unsaturated/α-hetero) is 1. The minimum atomic E-state index is -1.83. The monoisotopic (exact) mass is 331 g/mol. The first-order valence-electron chi connectivity index (χ1n) is 8.53. The van der Waals surface area contributed by atoms with E-state index in [2.05, 4.69) is 0 Å². The van der Waals surface area contributed by atoms with Gasteiger partial charge in [-0.05, 0) is 33.3 Å². The van der Waals surface area contributed by atoms with Crippen molar-refractivity contribution >= 4 is 17.4 Å². The Morgan fingerprint density at radius 2 is 2.04 bits per heavy atom. The van der Waals surface area contributed by atoms with Gasteiger partial charge in [-0.2, -0.15) is 0 Å². The first-order chi connectivity index (χ1) is 11.2. The van der Waals surface area contributed by atoms with E-state index in [1.807, 2.05) is 45.9 Å². The molecule has 0 aromatic heterocycles. The molecule has 2 atom stereocenters. The van der Waals surface area contributed by atoms with Crippen molar-refractivity contribution in [2.75, 3.05) is 18.1 Å². The molecule has 2 aliphatic rings. The fraction of sp³-hybridized carbons (Fsp3) is 0.579. The van der Waals surface area contributed by atoms with E-state index in [0.29, 0.717) is 17.8 Å². The first-order valence-corrected chi connectivity index (χ1v) is 8.53. The van der Waals surface area contributed by atoms with Gasteiger partial charge in [0, 0.05) is 18.5 Å². The number of rotatable bonds is 3. The number of carbonyl (C=O) groups excluding carboxylic acids is 2. The summed E-state index contributed by atoms with van der Waals surface area (Å²) in [4.78, 5) is 27.4. The van der Waals surface area contributed by atoms with Crippen LogP contribution in [0.15, 0.2) is 18.2 Å². The summed E-state index contributed by atoms with van der Waals surface area (Å²) >= 11 is 0. The van der Waals surface area contributed by atoms with Crippen LogP contribution >= 0.6 is 0 Å². The SMILES string of the molecule is CCCN1C(=O)[C@](O)([C@@H]2COC(C)(C)CC2=O)c2cc(C)ccc21. The van der Waals surface area contributed by atoms with Crippen molar-refractivity contribution in [3.63, 3.8) is 0 Å². The molecule has 1 aromatic rings. The third-order valence-electron chi connectivity index (χ3n) is 5.01. The highest BCUT2D eigenvalue weighted by Crippen LogP contribution is 2.47. The zero-order valence-corrected chi connectivity index (χ0v) is 14.8. The maximum atomic E-state index is 13.1. The number of carbonyl (C=O) groups is 2. The van der Waals surface area contributed by atoms with Crippen molar-refractivity contribution < 1.29 is 19.4 Å². The zero-order valence-electron chi connectivity index (χ0n) is 14.8. The molecule has 5 nitrogen and oxygen atoms in total. The van der Waals surface area contributed by atoms with E-state index in [1.54, 1.807) is 4.90 Å². The van der Waals surface area contributed by atoms with Crippen LogP contribution in [0.5, 0.6) is 0 Å². The Labute approximate surface area is 142 Å². The van der Waals surface area contributed by atoms with Gasteiger partial charge in [-0.3, -0.25) is 9.59 Å². The van der Waals surface area contributed by atoms with E-state index >= 15 is 0 Å². The van der Waals surface area contributed by atoms with E-state index in [-0.39, 0.29) is 18.8 Å². The highest BCUT2D eigenvalue weighted by Gasteiger charge is 2.58. The van der Waals surface area contributed by atoms with E-state index in [0.717, 1.165) is 12.0 Å². The summed E-state index contributed by atoms with van der Waals surface area (Å²) in [5, 5.41) is 11.4. The Bertz CT molecular complexity index is 697. The van der Waals surface area contributed by atoms with Crippen molar-refractivity contribution in [2.24, 2.45) is 5.92 Å². The molecule has 2 aliphatic heterocycles. The minimum Gasteiger partial charge on any atom is -0.375 e. The summed E-state index contributed by atoms with van der Waals surface area (Å²) in [6.45, 7) is 8.17. The average molecular weight is 331 g/mol. The number of ketones is 1. The Morgan fingerprint density at radius 3 is 2.67 bits per heavy atom. The number of ether oxygens (including phenoxy) is 1. The molecule has 0 bridgehead atoms. The highest BCUT2D eigenvalue weighted by molar-refractivity contribution is 6.09. The van der Waals surface area contributed by atoms with Crippen molar-refractivity contribution in [3.8, 4) is 0 Å². The van der Waals surface area contributed by atoms with Gasteiger partial charge in [-0.1, -0.05) is 24.6 Å². The molecule has 2 heterocycles. The highest BCUT2D eigenvalue weighted by atomic mass is 16.5. The van der Waals surface area contributed by atoms with Crippen molar-refractivity contribution in [1.82, 2.24) is 0 Å². The third kappa shape index (κ3) is 2.47. The molecular formula is C19H25NO4. The molecule has 5 heteroatoms. The lowest BCUT2D eigenvalue weighted by atomic mass is 9.75. The summed E-state index contributed by atoms with van der Waals surface area (Å²) in [6, 6.07) is 5.59. The van der Waals surface area contributed by atoms with Gasteiger partial charge in [0.25, 0.3) is 5.91 Å². The second-order valence-corrected chi connectivity index (χ2v) is 7.51. The Morgan fingerprint density at radius 1 is 1.33 bits per heavy atom. The fourth-order valence-electron chi connectivity index (χ4n) is 3.75. The Kier molecular flexibility index (Phi) is 4.04. The molecule has 1 amide bonds. The molecule has 0 saturated carbocycles. The molecule has 24 heavy (non-hydrogen) atoms. The summed E-state index contributed by atoms with van der Waals surface area (Å²) in [7, 11) is 0. The molecule has 0 spiro atoms. The molecule has 0 radical (unpaired) electrons. The fourth-order valence-corrected chi connectivity index (χ4v) is 3.75. The van der Waals surface area contributed by atoms with Gasteiger partial charge in [-0.25, -0.2) is 0 Å². The smallest absolute Gasteiger partial charge is 0.264 e. The lowest BCUT2D eigenvalue weighted by molar-refractivity contribution is -0.172. The van der Waals surface area contributed by atoms with E-state index in [9.17, 15) is 14.7 Å². The molecular weight excluding hydrogens is 306 g/mol. The number of anilines is 1. The average Bonchev–Trinajstić information content (AvgIpc) is 2.69. The van der Waals surface area contributed by atoms with Crippen molar-refractivity contribution in [3.05, 3.63) is 29.3 Å². The molecule has 130 valence electrons. The molecule has 0 aliphatic carbocycles. The number of aryl methyl sites for hydroxylation is 1. The van der Waals surface area contributed by atoms with Crippen LogP contribution < -0.4 is 4.90 Å². The van der Waals surface area contributed by atoms with Gasteiger partial charge in [0.05, 0.1) is 23.8 Å². The van der Waals surface area contributed by atoms with E-state index in [1.165, 1.54) is 0 Å². The van der Waals surface area contributed by atoms with Gasteiger partial charge >= 0.3 is 0 Å². The Hall–Kier alpha value is -1.72. The third-order valence-corrected chi connectivity index (χ3v) is 5.01. The van der Waals surface area contributed by atoms with E-state index in [4.69, 9.17) is 4.74 Å². The predicted octanol–water partition coefficient (Wildman–Crippen LogP) is 2.32. The lowest BCUT2D eigenvalue weighted by Crippen LogP contribution is -2.54. The van der Waals surface area contributed by atoms with Gasteiger partial charge < -0.3 is 14.7 Å². The molecule has 1 aromatic carbocycles. The summed E-state index contributed by atoms with van der Waals surface area (Å²) in [5.74, 6) is -1.39. The number of fused-ring (bicyclic) bond motifs is 1. The predicted molar refractivity (Wildman–Crippen MR) is 90.9 cm³/mol. The summed E-state index contributed by atoms with van der Waals surface area (Å²) in [5.41, 5.74) is -0.202. The maximum absolute atomic E-state index is 13.1. The van der Waals surface area contributed by atoms with E-state index < -0.39 is 23.0 Å². The second kappa shape index (κ2) is 5.67. The summed E-state index contributed by atoms with van der Waals surface area (Å²) in [6.07, 6.45) is 0.972. The molecule has 0 unspecified atom stereocenters. The van der Waals surface area contributed by atoms with Gasteiger partial charge in [0.15, 0.2) is 5.60 Å². The van der Waals surface area contributed by atoms with Crippen LogP contribution in [0.4, 0.5) is 5.69 Å². The van der Waals surface area contributed by atoms with Crippen LogP contribution in [0.25, 0.3) is 0 Å². The molecule has 1 N–H and O–H groups in total. The quantitative estimate of drug-likeness (QED) is 0.923. The van der Waals surface area contributed by atoms with Gasteiger partial charge in [-0.15, -0.1) is 0 Å². The van der Waals surface area contributed by atoms with Crippen LogP contribution in [0.2, 0.25) is 0 Å². The number of hydrogen-bond donors (Lipinski definition) is 1. The number of benzene rings is 1. The standard InChI is InChI=1S/C19H25NO4/c1-5-8-20-15-7-6-12(2)9-13(15)19(23,17(20)22)14-11-24-18(3,4)10-16(14)21/h6-7,9,14,23H,5,8,10-11H2,1-4H3/t14-,19-/m1/s1. The molecule has 1 saturated heterocycles. The Balaban J connectivity index is 2.08. The normalized spacial score (nSPS) is 29.0. The van der Waals surface area contributed by atoms with Crippen LogP contribution in [0.1, 0.15) is 44.7 Å². The lowest BCUT2D eigenvalue weighted by Gasteiger charge is -2.39. The largest absolute Gasteiger partial charge is 0.375 e. The van der Waals surface area contributed by atoms with Crippen LogP contribution in [0, 0.1) is 12.8 Å². The zero-order chi connectivity index (χ0) is 17.7. The molecule has 3 rings (SSSR count). The van der Waals surface area contributed by atoms with Gasteiger partial charge in [0.2, 0.25) is 0 Å². The van der Waals surface area contributed by atoms with Gasteiger partial charge in [0.1, 0.15) is 5.78 Å². The van der Waals surface area contributed by atoms with Crippen LogP contribution in [0.3, 0.4) is 0 Å². The number of amides is 1. The maximum Gasteiger partial charge on any atom is 0.264 e. The first kappa shape index (κ1) is 17.1. The minimum absolute atomic E-state index is 0.0570. The van der Waals surface area contributed by atoms with Crippen molar-refractivity contribution in [1.29, 1.82) is 0 Å². The van der Waals surface area contributed by atoms with Crippen LogP contribution in [-0.4, -0.2) is 35.5 Å². The number of nitrogens with zero attached hydrogens (tertiary/aromatic N) is 1. The topological polar surface area (TPSA) is 66.8 Å². The number of hydrogen-bond acceptors (Lipinski definition) is 4. The van der Waals surface area contributed by atoms with Crippen molar-refractivity contribution in [2.45, 2.75) is 51.7 Å². The summed E-state index contributed by atoms with van der Waals surface area (Å²) < 4.78 is 5.76.